The fraction of sp³-hybridized carbons (Fsp3) is 0.0909. The standard InChI is InChI=1S/C22H18FN3O3S/c1-2-30(28,29)20-6-4-3-5-17(20)22(27)24-16-11-12-18-19(13-16)26-21(25-18)14-7-9-15(23)10-8-14/h3-13H,2H2,1H3,(H,24,27)(H,25,26). The minimum atomic E-state index is -3.53. The summed E-state index contributed by atoms with van der Waals surface area (Å²) >= 11 is 0. The molecule has 0 saturated carbocycles. The number of nitrogens with zero attached hydrogens (tertiary/aromatic N) is 1. The number of amides is 1. The number of sulfone groups is 1. The van der Waals surface area contributed by atoms with E-state index in [0.29, 0.717) is 22.5 Å². The van der Waals surface area contributed by atoms with E-state index in [2.05, 4.69) is 15.3 Å². The van der Waals surface area contributed by atoms with Crippen LogP contribution in [0.25, 0.3) is 22.4 Å². The number of carbonyl (C=O) groups is 1. The first-order valence-electron chi connectivity index (χ1n) is 9.26. The number of benzene rings is 3. The number of anilines is 1. The first-order valence-corrected chi connectivity index (χ1v) is 10.9. The molecule has 3 aromatic carbocycles. The maximum atomic E-state index is 13.1. The first kappa shape index (κ1) is 19.8. The number of hydrogen-bond donors (Lipinski definition) is 2. The Labute approximate surface area is 172 Å². The van der Waals surface area contributed by atoms with Crippen molar-refractivity contribution in [2.24, 2.45) is 0 Å². The zero-order chi connectivity index (χ0) is 21.3. The van der Waals surface area contributed by atoms with Gasteiger partial charge in [0.05, 0.1) is 27.2 Å². The molecular weight excluding hydrogens is 405 g/mol. The zero-order valence-corrected chi connectivity index (χ0v) is 16.8. The third-order valence-corrected chi connectivity index (χ3v) is 6.49. The van der Waals surface area contributed by atoms with Crippen molar-refractivity contribution in [3.63, 3.8) is 0 Å². The highest BCUT2D eigenvalue weighted by molar-refractivity contribution is 7.91. The minimum absolute atomic E-state index is 0.00575. The normalized spacial score (nSPS) is 11.5. The average molecular weight is 423 g/mol. The Morgan fingerprint density at radius 3 is 2.53 bits per heavy atom. The highest BCUT2D eigenvalue weighted by Crippen LogP contribution is 2.24. The summed E-state index contributed by atoms with van der Waals surface area (Å²) in [7, 11) is -3.53. The van der Waals surface area contributed by atoms with Gasteiger partial charge in [-0.3, -0.25) is 4.79 Å². The number of rotatable bonds is 5. The summed E-state index contributed by atoms with van der Waals surface area (Å²) in [6.07, 6.45) is 0. The summed E-state index contributed by atoms with van der Waals surface area (Å²) < 4.78 is 37.7. The third kappa shape index (κ3) is 3.81. The van der Waals surface area contributed by atoms with Crippen molar-refractivity contribution >= 4 is 32.5 Å². The van der Waals surface area contributed by atoms with E-state index >= 15 is 0 Å². The van der Waals surface area contributed by atoms with Gasteiger partial charge in [0.2, 0.25) is 0 Å². The molecule has 0 spiro atoms. The Balaban J connectivity index is 1.64. The number of imidazole rings is 1. The highest BCUT2D eigenvalue weighted by atomic mass is 32.2. The molecule has 0 aliphatic heterocycles. The van der Waals surface area contributed by atoms with Crippen molar-refractivity contribution in [2.45, 2.75) is 11.8 Å². The van der Waals surface area contributed by atoms with Crippen LogP contribution < -0.4 is 5.32 Å². The van der Waals surface area contributed by atoms with Gasteiger partial charge in [-0.25, -0.2) is 17.8 Å². The van der Waals surface area contributed by atoms with E-state index in [-0.39, 0.29) is 22.0 Å². The van der Waals surface area contributed by atoms with Crippen LogP contribution in [0.5, 0.6) is 0 Å². The predicted octanol–water partition coefficient (Wildman–Crippen LogP) is 4.41. The summed E-state index contributed by atoms with van der Waals surface area (Å²) in [5, 5.41) is 2.74. The van der Waals surface area contributed by atoms with Crippen LogP contribution in [0.2, 0.25) is 0 Å². The lowest BCUT2D eigenvalue weighted by atomic mass is 10.2. The van der Waals surface area contributed by atoms with Gasteiger partial charge in [-0.1, -0.05) is 19.1 Å². The number of H-pyrrole nitrogens is 1. The van der Waals surface area contributed by atoms with E-state index in [4.69, 9.17) is 0 Å². The molecule has 30 heavy (non-hydrogen) atoms. The lowest BCUT2D eigenvalue weighted by molar-refractivity contribution is 0.102. The first-order chi connectivity index (χ1) is 14.4. The van der Waals surface area contributed by atoms with Crippen LogP contribution >= 0.6 is 0 Å². The predicted molar refractivity (Wildman–Crippen MR) is 114 cm³/mol. The van der Waals surface area contributed by atoms with Crippen molar-refractivity contribution in [3.8, 4) is 11.4 Å². The van der Waals surface area contributed by atoms with E-state index in [9.17, 15) is 17.6 Å². The van der Waals surface area contributed by atoms with E-state index in [1.807, 2.05) is 0 Å². The van der Waals surface area contributed by atoms with Crippen LogP contribution in [-0.4, -0.2) is 30.0 Å². The quantitative estimate of drug-likeness (QED) is 0.497. The maximum Gasteiger partial charge on any atom is 0.256 e. The minimum Gasteiger partial charge on any atom is -0.338 e. The molecule has 1 heterocycles. The Morgan fingerprint density at radius 1 is 1.07 bits per heavy atom. The summed E-state index contributed by atoms with van der Waals surface area (Å²) in [5.74, 6) is -0.359. The fourth-order valence-electron chi connectivity index (χ4n) is 3.11. The monoisotopic (exact) mass is 423 g/mol. The smallest absolute Gasteiger partial charge is 0.256 e. The zero-order valence-electron chi connectivity index (χ0n) is 16.0. The molecule has 0 unspecified atom stereocenters. The lowest BCUT2D eigenvalue weighted by Gasteiger charge is -2.10. The number of nitrogens with one attached hydrogen (secondary N) is 2. The summed E-state index contributed by atoms with van der Waals surface area (Å²) in [6, 6.07) is 17.2. The molecule has 0 atom stereocenters. The molecular formula is C22H18FN3O3S. The van der Waals surface area contributed by atoms with Crippen molar-refractivity contribution < 1.29 is 17.6 Å². The van der Waals surface area contributed by atoms with Crippen molar-refractivity contribution in [1.29, 1.82) is 0 Å². The number of aromatic nitrogens is 2. The molecule has 0 bridgehead atoms. The van der Waals surface area contributed by atoms with Gasteiger partial charge in [0, 0.05) is 11.3 Å². The Bertz CT molecular complexity index is 1350. The Morgan fingerprint density at radius 2 is 1.80 bits per heavy atom. The second kappa shape index (κ2) is 7.72. The van der Waals surface area contributed by atoms with Gasteiger partial charge in [-0.15, -0.1) is 0 Å². The SMILES string of the molecule is CCS(=O)(=O)c1ccccc1C(=O)Nc1ccc2nc(-c3ccc(F)cc3)[nH]c2c1. The van der Waals surface area contributed by atoms with Gasteiger partial charge >= 0.3 is 0 Å². The topological polar surface area (TPSA) is 91.9 Å². The highest BCUT2D eigenvalue weighted by Gasteiger charge is 2.20. The lowest BCUT2D eigenvalue weighted by Crippen LogP contribution is -2.17. The number of aromatic amines is 1. The second-order valence-electron chi connectivity index (χ2n) is 6.68. The molecule has 4 aromatic rings. The summed E-state index contributed by atoms with van der Waals surface area (Å²) in [6.45, 7) is 1.54. The molecule has 8 heteroatoms. The van der Waals surface area contributed by atoms with E-state index < -0.39 is 15.7 Å². The molecule has 1 amide bonds. The van der Waals surface area contributed by atoms with Crippen molar-refractivity contribution in [3.05, 3.63) is 78.1 Å². The van der Waals surface area contributed by atoms with Gasteiger partial charge in [0.15, 0.2) is 9.84 Å². The van der Waals surface area contributed by atoms with Gasteiger partial charge in [0.25, 0.3) is 5.91 Å². The average Bonchev–Trinajstić information content (AvgIpc) is 3.17. The molecule has 152 valence electrons. The van der Waals surface area contributed by atoms with Crippen LogP contribution in [0.1, 0.15) is 17.3 Å². The van der Waals surface area contributed by atoms with Crippen molar-refractivity contribution in [1.82, 2.24) is 9.97 Å². The van der Waals surface area contributed by atoms with Gasteiger partial charge < -0.3 is 10.3 Å². The Hall–Kier alpha value is -3.52. The molecule has 0 saturated heterocycles. The molecule has 0 radical (unpaired) electrons. The Kier molecular flexibility index (Phi) is 5.09. The van der Waals surface area contributed by atoms with Gasteiger partial charge in [-0.2, -0.15) is 0 Å². The molecule has 0 fully saturated rings. The molecule has 0 aliphatic rings. The van der Waals surface area contributed by atoms with Gasteiger partial charge in [0.1, 0.15) is 11.6 Å². The summed E-state index contributed by atoms with van der Waals surface area (Å²) in [4.78, 5) is 20.4. The molecule has 1 aromatic heterocycles. The number of hydrogen-bond acceptors (Lipinski definition) is 4. The fourth-order valence-corrected chi connectivity index (χ4v) is 4.20. The van der Waals surface area contributed by atoms with Crippen LogP contribution in [0, 0.1) is 5.82 Å². The number of halogens is 1. The molecule has 0 aliphatic carbocycles. The van der Waals surface area contributed by atoms with Crippen LogP contribution in [0.4, 0.5) is 10.1 Å². The van der Waals surface area contributed by atoms with Crippen LogP contribution in [0.15, 0.2) is 71.6 Å². The molecule has 6 nitrogen and oxygen atoms in total. The summed E-state index contributed by atoms with van der Waals surface area (Å²) in [5.41, 5.74) is 2.68. The number of carbonyl (C=O) groups excluding carboxylic acids is 1. The van der Waals surface area contributed by atoms with E-state index in [1.54, 1.807) is 42.5 Å². The third-order valence-electron chi connectivity index (χ3n) is 4.70. The maximum absolute atomic E-state index is 13.1. The van der Waals surface area contributed by atoms with E-state index in [0.717, 1.165) is 5.56 Å². The van der Waals surface area contributed by atoms with Crippen LogP contribution in [0.3, 0.4) is 0 Å². The molecule has 4 rings (SSSR count). The van der Waals surface area contributed by atoms with Crippen molar-refractivity contribution in [2.75, 3.05) is 11.1 Å². The largest absolute Gasteiger partial charge is 0.338 e. The van der Waals surface area contributed by atoms with E-state index in [1.165, 1.54) is 31.2 Å². The number of fused-ring (bicyclic) bond motifs is 1. The van der Waals surface area contributed by atoms with Gasteiger partial charge in [-0.05, 0) is 54.6 Å². The second-order valence-corrected chi connectivity index (χ2v) is 8.92. The molecule has 2 N–H and O–H groups in total. The van der Waals surface area contributed by atoms with Crippen LogP contribution in [-0.2, 0) is 9.84 Å².